The Bertz CT molecular complexity index is 1090. The van der Waals surface area contributed by atoms with Crippen molar-refractivity contribution in [2.75, 3.05) is 41.0 Å². The van der Waals surface area contributed by atoms with Crippen molar-refractivity contribution in [3.8, 4) is 0 Å². The van der Waals surface area contributed by atoms with Gasteiger partial charge in [0.05, 0.1) is 34.4 Å². The van der Waals surface area contributed by atoms with Gasteiger partial charge >= 0.3 is 17.9 Å². The first kappa shape index (κ1) is 58.6. The van der Waals surface area contributed by atoms with Gasteiger partial charge in [0.15, 0.2) is 12.1 Å². The van der Waals surface area contributed by atoms with Gasteiger partial charge in [0.2, 0.25) is 0 Å². The van der Waals surface area contributed by atoms with Gasteiger partial charge in [-0.1, -0.05) is 204 Å². The Morgan fingerprint density at radius 1 is 0.492 bits per heavy atom. The highest BCUT2D eigenvalue weighted by molar-refractivity contribution is 5.72. The van der Waals surface area contributed by atoms with Gasteiger partial charge in [-0.2, -0.15) is 0 Å². The standard InChI is InChI=1S/C53H97NO7/c1-6-8-10-12-14-16-18-20-22-24-25-26-28-29-31-33-35-37-39-41-43-51(55)60-48-49(47-59-46-45-50(53(57)58)54(3,4)5)61-52(56)44-42-40-38-36-34-32-30-27-23-21-19-17-15-13-11-9-7-2/h21,23,30,32,36,38,49-50H,6-20,22,24-29,31,33-35,37,39-48H2,1-5H3/p+1/b23-21+,32-30+,38-36+. The molecular weight excluding hydrogens is 763 g/mol. The Balaban J connectivity index is 4.29. The zero-order valence-electron chi connectivity index (χ0n) is 40.6. The van der Waals surface area contributed by atoms with Crippen LogP contribution in [-0.2, 0) is 28.6 Å². The molecule has 8 heteroatoms. The summed E-state index contributed by atoms with van der Waals surface area (Å²) in [6, 6.07) is -0.622. The first-order valence-corrected chi connectivity index (χ1v) is 25.5. The second-order valence-corrected chi connectivity index (χ2v) is 18.4. The zero-order chi connectivity index (χ0) is 44.9. The summed E-state index contributed by atoms with van der Waals surface area (Å²) >= 11 is 0. The molecule has 0 heterocycles. The van der Waals surface area contributed by atoms with E-state index in [1.807, 2.05) is 21.1 Å². The van der Waals surface area contributed by atoms with E-state index in [0.29, 0.717) is 19.3 Å². The Kier molecular flexibility index (Phi) is 42.4. The van der Waals surface area contributed by atoms with Gasteiger partial charge in [-0.3, -0.25) is 9.59 Å². The van der Waals surface area contributed by atoms with Crippen LogP contribution >= 0.6 is 0 Å². The zero-order valence-corrected chi connectivity index (χ0v) is 40.6. The highest BCUT2D eigenvalue weighted by Gasteiger charge is 2.31. The van der Waals surface area contributed by atoms with Crippen LogP contribution in [0.4, 0.5) is 0 Å². The molecule has 0 aliphatic heterocycles. The Morgan fingerprint density at radius 2 is 0.885 bits per heavy atom. The van der Waals surface area contributed by atoms with Crippen LogP contribution in [-0.4, -0.2) is 80.6 Å². The van der Waals surface area contributed by atoms with E-state index in [1.165, 1.54) is 154 Å². The minimum Gasteiger partial charge on any atom is -0.477 e. The number of rotatable bonds is 46. The van der Waals surface area contributed by atoms with Crippen LogP contribution in [0.25, 0.3) is 0 Å². The van der Waals surface area contributed by atoms with E-state index >= 15 is 0 Å². The molecular formula is C53H98NO7+. The number of ether oxygens (including phenoxy) is 3. The van der Waals surface area contributed by atoms with Gasteiger partial charge < -0.3 is 23.8 Å². The van der Waals surface area contributed by atoms with E-state index in [0.717, 1.165) is 38.5 Å². The van der Waals surface area contributed by atoms with Crippen molar-refractivity contribution in [1.82, 2.24) is 0 Å². The summed E-state index contributed by atoms with van der Waals surface area (Å²) in [4.78, 5) is 37.1. The smallest absolute Gasteiger partial charge is 0.362 e. The predicted octanol–water partition coefficient (Wildman–Crippen LogP) is 14.6. The average Bonchev–Trinajstić information content (AvgIpc) is 3.22. The number of carbonyl (C=O) groups excluding carboxylic acids is 2. The highest BCUT2D eigenvalue weighted by Crippen LogP contribution is 2.16. The molecule has 0 saturated carbocycles. The lowest BCUT2D eigenvalue weighted by molar-refractivity contribution is -0.887. The molecule has 356 valence electrons. The van der Waals surface area contributed by atoms with Crippen LogP contribution in [0.3, 0.4) is 0 Å². The van der Waals surface area contributed by atoms with Crippen molar-refractivity contribution < 1.29 is 38.2 Å². The quantitative estimate of drug-likeness (QED) is 0.0282. The van der Waals surface area contributed by atoms with Crippen LogP contribution in [0.2, 0.25) is 0 Å². The fraction of sp³-hybridized carbons (Fsp3) is 0.830. The fourth-order valence-electron chi connectivity index (χ4n) is 7.58. The fourth-order valence-corrected chi connectivity index (χ4v) is 7.58. The van der Waals surface area contributed by atoms with Crippen LogP contribution in [0.1, 0.15) is 232 Å². The molecule has 61 heavy (non-hydrogen) atoms. The van der Waals surface area contributed by atoms with Crippen LogP contribution in [0, 0.1) is 0 Å². The number of nitrogens with zero attached hydrogens (tertiary/aromatic N) is 1. The largest absolute Gasteiger partial charge is 0.477 e. The summed E-state index contributed by atoms with van der Waals surface area (Å²) < 4.78 is 17.3. The molecule has 1 N–H and O–H groups in total. The van der Waals surface area contributed by atoms with Crippen LogP contribution in [0.15, 0.2) is 36.5 Å². The minimum absolute atomic E-state index is 0.0439. The van der Waals surface area contributed by atoms with E-state index < -0.39 is 18.1 Å². The summed E-state index contributed by atoms with van der Waals surface area (Å²) in [6.07, 6.45) is 52.0. The number of likely N-dealkylation sites (N-methyl/N-ethyl adjacent to an activating group) is 1. The van der Waals surface area contributed by atoms with Gasteiger partial charge in [0.25, 0.3) is 0 Å². The number of carboxylic acid groups (broad SMARTS) is 1. The third kappa shape index (κ3) is 42.6. The van der Waals surface area contributed by atoms with E-state index in [4.69, 9.17) is 14.2 Å². The molecule has 8 nitrogen and oxygen atoms in total. The summed E-state index contributed by atoms with van der Waals surface area (Å²) in [5, 5.41) is 9.64. The van der Waals surface area contributed by atoms with Gasteiger partial charge in [0.1, 0.15) is 6.61 Å². The number of unbranched alkanes of at least 4 members (excludes halogenated alkanes) is 26. The summed E-state index contributed by atoms with van der Waals surface area (Å²) in [5.41, 5.74) is 0. The lowest BCUT2D eigenvalue weighted by Crippen LogP contribution is -2.50. The number of allylic oxidation sites excluding steroid dienone is 6. The van der Waals surface area contributed by atoms with Crippen LogP contribution < -0.4 is 0 Å². The first-order valence-electron chi connectivity index (χ1n) is 25.5. The van der Waals surface area contributed by atoms with E-state index in [9.17, 15) is 19.5 Å². The maximum absolute atomic E-state index is 12.7. The molecule has 2 atom stereocenters. The molecule has 0 aromatic rings. The SMILES string of the molecule is CCCCCCCC/C=C/C/C=C/C/C=C/CCCC(=O)OC(COCCC(C(=O)O)[N+](C)(C)C)COC(=O)CCCCCCCCCCCCCCCCCCCCCC. The molecule has 0 radical (unpaired) electrons. The predicted molar refractivity (Wildman–Crippen MR) is 257 cm³/mol. The second kappa shape index (κ2) is 44.2. The number of hydrogen-bond acceptors (Lipinski definition) is 6. The lowest BCUT2D eigenvalue weighted by Gasteiger charge is -2.31. The topological polar surface area (TPSA) is 99.1 Å². The van der Waals surface area contributed by atoms with Crippen molar-refractivity contribution >= 4 is 17.9 Å². The van der Waals surface area contributed by atoms with E-state index in [-0.39, 0.29) is 42.7 Å². The number of hydrogen-bond donors (Lipinski definition) is 1. The van der Waals surface area contributed by atoms with Crippen molar-refractivity contribution in [3.05, 3.63) is 36.5 Å². The maximum atomic E-state index is 12.7. The van der Waals surface area contributed by atoms with Crippen molar-refractivity contribution in [3.63, 3.8) is 0 Å². The van der Waals surface area contributed by atoms with Gasteiger partial charge in [-0.15, -0.1) is 0 Å². The molecule has 0 aliphatic rings. The molecule has 0 bridgehead atoms. The number of carboxylic acids is 1. The second-order valence-electron chi connectivity index (χ2n) is 18.4. The van der Waals surface area contributed by atoms with E-state index in [2.05, 4.69) is 50.3 Å². The number of esters is 2. The molecule has 0 spiro atoms. The van der Waals surface area contributed by atoms with Gasteiger partial charge in [-0.05, 0) is 44.9 Å². The lowest BCUT2D eigenvalue weighted by atomic mass is 10.0. The third-order valence-electron chi connectivity index (χ3n) is 11.5. The Morgan fingerprint density at radius 3 is 1.33 bits per heavy atom. The molecule has 0 fully saturated rings. The Labute approximate surface area is 376 Å². The number of aliphatic carboxylic acids is 1. The van der Waals surface area contributed by atoms with Gasteiger partial charge in [0, 0.05) is 19.3 Å². The number of quaternary nitrogens is 1. The molecule has 0 rings (SSSR count). The Hall–Kier alpha value is -2.45. The molecule has 0 saturated heterocycles. The van der Waals surface area contributed by atoms with Crippen molar-refractivity contribution in [1.29, 1.82) is 0 Å². The molecule has 0 aliphatic carbocycles. The normalized spacial score (nSPS) is 13.1. The van der Waals surface area contributed by atoms with Crippen molar-refractivity contribution in [2.45, 2.75) is 244 Å². The van der Waals surface area contributed by atoms with Gasteiger partial charge in [-0.25, -0.2) is 4.79 Å². The monoisotopic (exact) mass is 861 g/mol. The molecule has 0 amide bonds. The summed E-state index contributed by atoms with van der Waals surface area (Å²) in [5.74, 6) is -1.52. The van der Waals surface area contributed by atoms with Crippen molar-refractivity contribution in [2.24, 2.45) is 0 Å². The minimum atomic E-state index is -0.880. The summed E-state index contributed by atoms with van der Waals surface area (Å²) in [7, 11) is 5.52. The highest BCUT2D eigenvalue weighted by atomic mass is 16.6. The maximum Gasteiger partial charge on any atom is 0.362 e. The van der Waals surface area contributed by atoms with Crippen LogP contribution in [0.5, 0.6) is 0 Å². The first-order chi connectivity index (χ1) is 29.6. The molecule has 0 aromatic carbocycles. The number of carbonyl (C=O) groups is 3. The molecule has 0 aromatic heterocycles. The van der Waals surface area contributed by atoms with E-state index in [1.54, 1.807) is 0 Å². The average molecular weight is 861 g/mol. The summed E-state index contributed by atoms with van der Waals surface area (Å²) in [6.45, 7) is 4.71. The third-order valence-corrected chi connectivity index (χ3v) is 11.5. The molecule has 2 unspecified atom stereocenters.